The Hall–Kier alpha value is -1.97. The molecule has 0 amide bonds. The van der Waals surface area contributed by atoms with E-state index in [1.807, 2.05) is 12.1 Å². The zero-order valence-corrected chi connectivity index (χ0v) is 15.1. The summed E-state index contributed by atoms with van der Waals surface area (Å²) in [6.45, 7) is 2.58. The van der Waals surface area contributed by atoms with E-state index in [1.165, 1.54) is 32.1 Å². The van der Waals surface area contributed by atoms with Crippen molar-refractivity contribution in [3.63, 3.8) is 0 Å². The van der Waals surface area contributed by atoms with E-state index < -0.39 is 6.10 Å². The van der Waals surface area contributed by atoms with Crippen LogP contribution in [0.2, 0.25) is 0 Å². The van der Waals surface area contributed by atoms with E-state index in [-0.39, 0.29) is 5.78 Å². The van der Waals surface area contributed by atoms with Gasteiger partial charge in [-0.3, -0.25) is 4.79 Å². The lowest BCUT2D eigenvalue weighted by atomic mass is 10.0. The number of unbranched alkanes of at least 4 members (excludes halogenated alkanes) is 5. The zero-order valence-electron chi connectivity index (χ0n) is 15.1. The Bertz CT molecular complexity index is 560. The van der Waals surface area contributed by atoms with Crippen molar-refractivity contribution in [1.82, 2.24) is 0 Å². The summed E-state index contributed by atoms with van der Waals surface area (Å²) in [6.07, 6.45) is 6.42. The van der Waals surface area contributed by atoms with Crippen LogP contribution >= 0.6 is 0 Å². The number of rotatable bonds is 9. The minimum atomic E-state index is -1.08. The molecule has 0 aliphatic heterocycles. The molecule has 25 heavy (non-hydrogen) atoms. The molecule has 3 heteroatoms. The highest BCUT2D eigenvalue weighted by Gasteiger charge is 2.18. The van der Waals surface area contributed by atoms with E-state index in [0.29, 0.717) is 17.7 Å². The van der Waals surface area contributed by atoms with Gasteiger partial charge in [0.15, 0.2) is 5.78 Å². The summed E-state index contributed by atoms with van der Waals surface area (Å²) in [6, 6.07) is 17.7. The zero-order chi connectivity index (χ0) is 18.3. The average molecular weight is 342 g/mol. The van der Waals surface area contributed by atoms with Crippen molar-refractivity contribution in [1.29, 1.82) is 0 Å². The molecule has 0 aromatic heterocycles. The summed E-state index contributed by atoms with van der Waals surface area (Å²) < 4.78 is 0. The molecule has 2 N–H and O–H groups in total. The summed E-state index contributed by atoms with van der Waals surface area (Å²) in [5.74, 6) is -0.271. The minimum absolute atomic E-state index is 0.271. The van der Waals surface area contributed by atoms with Crippen molar-refractivity contribution in [2.45, 2.75) is 51.6 Å². The molecule has 2 aromatic carbocycles. The monoisotopic (exact) mass is 342 g/mol. The van der Waals surface area contributed by atoms with Crippen LogP contribution in [0, 0.1) is 0 Å². The van der Waals surface area contributed by atoms with E-state index in [1.54, 1.807) is 48.5 Å². The smallest absolute Gasteiger partial charge is 0.195 e. The van der Waals surface area contributed by atoms with E-state index in [2.05, 4.69) is 6.92 Å². The highest BCUT2D eigenvalue weighted by atomic mass is 16.3. The van der Waals surface area contributed by atoms with Crippen LogP contribution in [-0.4, -0.2) is 22.6 Å². The Kier molecular flexibility index (Phi) is 11.2. The summed E-state index contributed by atoms with van der Waals surface area (Å²) in [5.41, 5.74) is 1.15. The van der Waals surface area contributed by atoms with Crippen LogP contribution in [0.3, 0.4) is 0 Å². The lowest BCUT2D eigenvalue weighted by Gasteiger charge is -2.09. The van der Waals surface area contributed by atoms with Crippen LogP contribution in [0.4, 0.5) is 0 Å². The number of carbonyl (C=O) groups is 1. The second kappa shape index (κ2) is 13.3. The van der Waals surface area contributed by atoms with Crippen LogP contribution in [0.1, 0.15) is 67.5 Å². The van der Waals surface area contributed by atoms with Gasteiger partial charge < -0.3 is 10.2 Å². The predicted octanol–water partition coefficient (Wildman–Crippen LogP) is 4.94. The quantitative estimate of drug-likeness (QED) is 0.501. The van der Waals surface area contributed by atoms with E-state index in [9.17, 15) is 9.90 Å². The van der Waals surface area contributed by atoms with Gasteiger partial charge in [-0.1, -0.05) is 99.7 Å². The van der Waals surface area contributed by atoms with Crippen molar-refractivity contribution < 1.29 is 15.0 Å². The number of ketones is 1. The molecule has 0 heterocycles. The van der Waals surface area contributed by atoms with Gasteiger partial charge in [-0.25, -0.2) is 0 Å². The number of hydrogen-bond donors (Lipinski definition) is 2. The fourth-order valence-electron chi connectivity index (χ4n) is 2.44. The van der Waals surface area contributed by atoms with Gasteiger partial charge in [0.1, 0.15) is 6.10 Å². The molecule has 1 atom stereocenters. The second-order valence-corrected chi connectivity index (χ2v) is 6.03. The third-order valence-electron chi connectivity index (χ3n) is 3.93. The summed E-state index contributed by atoms with van der Waals surface area (Å²) in [7, 11) is 0. The van der Waals surface area contributed by atoms with Crippen molar-refractivity contribution in [2.24, 2.45) is 0 Å². The maximum Gasteiger partial charge on any atom is 0.195 e. The first-order valence-corrected chi connectivity index (χ1v) is 9.13. The van der Waals surface area contributed by atoms with Crippen molar-refractivity contribution in [3.05, 3.63) is 71.8 Å². The first-order chi connectivity index (χ1) is 12.2. The summed E-state index contributed by atoms with van der Waals surface area (Å²) in [5, 5.41) is 18.3. The van der Waals surface area contributed by atoms with E-state index in [0.717, 1.165) is 6.42 Å². The molecule has 136 valence electrons. The van der Waals surface area contributed by atoms with Gasteiger partial charge in [-0.15, -0.1) is 0 Å². The second-order valence-electron chi connectivity index (χ2n) is 6.03. The largest absolute Gasteiger partial charge is 0.396 e. The van der Waals surface area contributed by atoms with Crippen LogP contribution in [0.25, 0.3) is 0 Å². The summed E-state index contributed by atoms with van der Waals surface area (Å²) in [4.78, 5) is 11.9. The fraction of sp³-hybridized carbons (Fsp3) is 0.409. The van der Waals surface area contributed by atoms with Gasteiger partial charge in [0.2, 0.25) is 0 Å². The molecule has 3 nitrogen and oxygen atoms in total. The number of hydrogen-bond acceptors (Lipinski definition) is 3. The predicted molar refractivity (Wildman–Crippen MR) is 103 cm³/mol. The standard InChI is InChI=1S/C14H12O2.C8H18O/c15-13(11-7-3-1-4-8-11)14(16)12-9-5-2-6-10-12;1-2-3-4-5-6-7-8-9/h1-10,13,15H;9H,2-8H2,1H3. The summed E-state index contributed by atoms with van der Waals surface area (Å²) >= 11 is 0. The van der Waals surface area contributed by atoms with Crippen molar-refractivity contribution in [2.75, 3.05) is 6.61 Å². The number of carbonyl (C=O) groups excluding carboxylic acids is 1. The van der Waals surface area contributed by atoms with Crippen LogP contribution in [0.5, 0.6) is 0 Å². The molecular weight excluding hydrogens is 312 g/mol. The van der Waals surface area contributed by atoms with E-state index in [4.69, 9.17) is 5.11 Å². The maximum atomic E-state index is 11.9. The van der Waals surface area contributed by atoms with Crippen molar-refractivity contribution in [3.8, 4) is 0 Å². The number of aliphatic hydroxyl groups excluding tert-OH is 2. The van der Waals surface area contributed by atoms with Gasteiger partial charge in [0, 0.05) is 12.2 Å². The fourth-order valence-corrected chi connectivity index (χ4v) is 2.44. The lowest BCUT2D eigenvalue weighted by molar-refractivity contribution is 0.0747. The molecule has 0 bridgehead atoms. The minimum Gasteiger partial charge on any atom is -0.396 e. The van der Waals surface area contributed by atoms with Gasteiger partial charge in [0.25, 0.3) is 0 Å². The van der Waals surface area contributed by atoms with Crippen LogP contribution in [-0.2, 0) is 0 Å². The molecular formula is C22H30O3. The Morgan fingerprint density at radius 3 is 1.92 bits per heavy atom. The third-order valence-corrected chi connectivity index (χ3v) is 3.93. The lowest BCUT2D eigenvalue weighted by Crippen LogP contribution is -2.11. The normalized spacial score (nSPS) is 11.3. The first kappa shape index (κ1) is 21.1. The van der Waals surface area contributed by atoms with Gasteiger partial charge in [0.05, 0.1) is 0 Å². The van der Waals surface area contributed by atoms with Crippen molar-refractivity contribution >= 4 is 5.78 Å². The number of benzene rings is 2. The Morgan fingerprint density at radius 1 is 0.840 bits per heavy atom. The highest BCUT2D eigenvalue weighted by molar-refractivity contribution is 5.99. The SMILES string of the molecule is CCCCCCCCO.O=C(c1ccccc1)C(O)c1ccccc1. The van der Waals surface area contributed by atoms with E-state index >= 15 is 0 Å². The Labute approximate surface area is 151 Å². The average Bonchev–Trinajstić information content (AvgIpc) is 2.68. The van der Waals surface area contributed by atoms with Gasteiger partial charge in [-0.2, -0.15) is 0 Å². The molecule has 0 aliphatic rings. The molecule has 0 saturated carbocycles. The van der Waals surface area contributed by atoms with Gasteiger partial charge >= 0.3 is 0 Å². The highest BCUT2D eigenvalue weighted by Crippen LogP contribution is 2.17. The Morgan fingerprint density at radius 2 is 1.36 bits per heavy atom. The molecule has 1 unspecified atom stereocenters. The first-order valence-electron chi connectivity index (χ1n) is 9.13. The Balaban J connectivity index is 0.000000299. The molecule has 0 radical (unpaired) electrons. The molecule has 0 fully saturated rings. The van der Waals surface area contributed by atoms with Crippen LogP contribution in [0.15, 0.2) is 60.7 Å². The molecule has 2 rings (SSSR count). The molecule has 2 aromatic rings. The molecule has 0 saturated heterocycles. The molecule has 0 spiro atoms. The van der Waals surface area contributed by atoms with Gasteiger partial charge in [-0.05, 0) is 12.0 Å². The maximum absolute atomic E-state index is 11.9. The third kappa shape index (κ3) is 8.62. The molecule has 0 aliphatic carbocycles. The number of aliphatic hydroxyl groups is 2. The topological polar surface area (TPSA) is 57.5 Å². The van der Waals surface area contributed by atoms with Crippen LogP contribution < -0.4 is 0 Å². The number of Topliss-reactive ketones (excluding diaryl/α,β-unsaturated/α-hetero) is 1.